The summed E-state index contributed by atoms with van der Waals surface area (Å²) in [6.07, 6.45) is 0. The molecule has 2 radical (unpaired) electrons. The van der Waals surface area contributed by atoms with E-state index >= 15 is 0 Å². The predicted molar refractivity (Wildman–Crippen MR) is 39.0 cm³/mol. The van der Waals surface area contributed by atoms with Gasteiger partial charge >= 0.3 is 9.76 Å². The van der Waals surface area contributed by atoms with Crippen molar-refractivity contribution in [1.82, 2.24) is 0 Å². The standard InChI is InChI=1S/C7H6O2Si/c8-6-9-10-7-4-2-1-3-5-7/h1-6H. The Hall–Kier alpha value is -1.09. The van der Waals surface area contributed by atoms with E-state index in [4.69, 9.17) is 0 Å². The molecule has 0 aliphatic heterocycles. The van der Waals surface area contributed by atoms with E-state index in [0.29, 0.717) is 6.47 Å². The third-order valence-electron chi connectivity index (χ3n) is 0.999. The molecule has 1 aromatic rings. The third kappa shape index (κ3) is 2.03. The number of benzene rings is 1. The number of carbonyl (C=O) groups is 1. The highest BCUT2D eigenvalue weighted by atomic mass is 28.2. The predicted octanol–water partition coefficient (Wildman–Crippen LogP) is 0.104. The lowest BCUT2D eigenvalue weighted by atomic mass is 10.4. The van der Waals surface area contributed by atoms with Crippen molar-refractivity contribution >= 4 is 21.4 Å². The lowest BCUT2D eigenvalue weighted by Crippen LogP contribution is -2.15. The molecule has 1 aromatic carbocycles. The Morgan fingerprint density at radius 3 is 2.60 bits per heavy atom. The lowest BCUT2D eigenvalue weighted by Gasteiger charge is -1.92. The molecule has 1 rings (SSSR count). The Bertz CT molecular complexity index is 198. The van der Waals surface area contributed by atoms with Gasteiger partial charge in [-0.1, -0.05) is 30.3 Å². The van der Waals surface area contributed by atoms with Gasteiger partial charge in [-0.2, -0.15) is 0 Å². The number of hydrogen-bond donors (Lipinski definition) is 0. The summed E-state index contributed by atoms with van der Waals surface area (Å²) < 4.78 is 4.57. The van der Waals surface area contributed by atoms with Crippen LogP contribution in [0.15, 0.2) is 30.3 Å². The molecule has 0 atom stereocenters. The summed E-state index contributed by atoms with van der Waals surface area (Å²) in [6.45, 7) is 0.464. The maximum absolute atomic E-state index is 9.76. The maximum atomic E-state index is 9.76. The van der Waals surface area contributed by atoms with Crippen LogP contribution in [0.1, 0.15) is 0 Å². The second kappa shape index (κ2) is 3.84. The van der Waals surface area contributed by atoms with Crippen LogP contribution in [-0.2, 0) is 9.22 Å². The molecule has 0 saturated heterocycles. The first-order valence-electron chi connectivity index (χ1n) is 2.84. The van der Waals surface area contributed by atoms with Crippen LogP contribution < -0.4 is 5.19 Å². The molecular weight excluding hydrogens is 144 g/mol. The van der Waals surface area contributed by atoms with Crippen molar-refractivity contribution in [3.05, 3.63) is 30.3 Å². The molecule has 50 valence electrons. The second-order valence-electron chi connectivity index (χ2n) is 1.68. The van der Waals surface area contributed by atoms with Crippen LogP contribution in [0.2, 0.25) is 0 Å². The Morgan fingerprint density at radius 1 is 1.30 bits per heavy atom. The highest BCUT2D eigenvalue weighted by Crippen LogP contribution is 1.80. The molecule has 0 aliphatic rings. The molecule has 0 fully saturated rings. The van der Waals surface area contributed by atoms with Gasteiger partial charge in [-0.15, -0.1) is 0 Å². The fraction of sp³-hybridized carbons (Fsp3) is 0. The van der Waals surface area contributed by atoms with E-state index in [1.807, 2.05) is 30.3 Å². The molecule has 0 saturated carbocycles. The summed E-state index contributed by atoms with van der Waals surface area (Å²) in [6, 6.07) is 9.59. The van der Waals surface area contributed by atoms with Gasteiger partial charge in [-0.3, -0.25) is 4.79 Å². The SMILES string of the molecule is O=CO[Si]c1ccccc1. The zero-order valence-corrected chi connectivity index (χ0v) is 6.28. The van der Waals surface area contributed by atoms with Gasteiger partial charge in [0.05, 0.1) is 0 Å². The van der Waals surface area contributed by atoms with Crippen LogP contribution in [0.25, 0.3) is 0 Å². The van der Waals surface area contributed by atoms with Gasteiger partial charge in [0.1, 0.15) is 0 Å². The first-order valence-corrected chi connectivity index (χ1v) is 3.74. The van der Waals surface area contributed by atoms with E-state index < -0.39 is 0 Å². The van der Waals surface area contributed by atoms with Gasteiger partial charge in [0.15, 0.2) is 0 Å². The zero-order valence-electron chi connectivity index (χ0n) is 5.28. The van der Waals surface area contributed by atoms with Crippen LogP contribution in [-0.4, -0.2) is 16.2 Å². The van der Waals surface area contributed by atoms with E-state index in [2.05, 4.69) is 4.43 Å². The first kappa shape index (κ1) is 7.02. The van der Waals surface area contributed by atoms with Crippen molar-refractivity contribution in [3.8, 4) is 0 Å². The number of hydrogen-bond acceptors (Lipinski definition) is 2. The van der Waals surface area contributed by atoms with E-state index in [1.165, 1.54) is 0 Å². The van der Waals surface area contributed by atoms with Crippen LogP contribution in [0.5, 0.6) is 0 Å². The van der Waals surface area contributed by atoms with Crippen molar-refractivity contribution in [2.24, 2.45) is 0 Å². The number of carbonyl (C=O) groups excluding carboxylic acids is 1. The van der Waals surface area contributed by atoms with E-state index in [-0.39, 0.29) is 9.76 Å². The Kier molecular flexibility index (Phi) is 2.70. The first-order chi connectivity index (χ1) is 4.93. The van der Waals surface area contributed by atoms with Crippen molar-refractivity contribution < 1.29 is 9.22 Å². The van der Waals surface area contributed by atoms with Crippen molar-refractivity contribution in [2.75, 3.05) is 0 Å². The smallest absolute Gasteiger partial charge is 0.354 e. The molecule has 0 bridgehead atoms. The van der Waals surface area contributed by atoms with E-state index in [1.54, 1.807) is 0 Å². The summed E-state index contributed by atoms with van der Waals surface area (Å²) in [7, 11) is 0.136. The summed E-state index contributed by atoms with van der Waals surface area (Å²) in [5, 5.41) is 1.04. The molecule has 2 nitrogen and oxygen atoms in total. The molecule has 10 heavy (non-hydrogen) atoms. The van der Waals surface area contributed by atoms with Gasteiger partial charge in [0, 0.05) is 0 Å². The Labute approximate surface area is 61.8 Å². The van der Waals surface area contributed by atoms with Crippen molar-refractivity contribution in [1.29, 1.82) is 0 Å². The summed E-state index contributed by atoms with van der Waals surface area (Å²) in [5.41, 5.74) is 0. The molecule has 0 aliphatic carbocycles. The third-order valence-corrected chi connectivity index (χ3v) is 1.78. The highest BCUT2D eigenvalue weighted by molar-refractivity contribution is 6.48. The van der Waals surface area contributed by atoms with Crippen LogP contribution in [0, 0.1) is 0 Å². The van der Waals surface area contributed by atoms with Crippen molar-refractivity contribution in [3.63, 3.8) is 0 Å². The molecule has 0 spiro atoms. The monoisotopic (exact) mass is 150 g/mol. The van der Waals surface area contributed by atoms with E-state index in [0.717, 1.165) is 5.19 Å². The Morgan fingerprint density at radius 2 is 2.00 bits per heavy atom. The van der Waals surface area contributed by atoms with Gasteiger partial charge < -0.3 is 4.43 Å². The average Bonchev–Trinajstić information content (AvgIpc) is 2.03. The largest absolute Gasteiger partial charge is 0.513 e. The molecule has 0 unspecified atom stereocenters. The van der Waals surface area contributed by atoms with Crippen LogP contribution in [0.4, 0.5) is 0 Å². The molecular formula is C7H6O2Si. The summed E-state index contributed by atoms with van der Waals surface area (Å²) in [5.74, 6) is 0. The van der Waals surface area contributed by atoms with E-state index in [9.17, 15) is 4.79 Å². The zero-order chi connectivity index (χ0) is 7.23. The van der Waals surface area contributed by atoms with Gasteiger partial charge in [0.2, 0.25) is 0 Å². The normalized spacial score (nSPS) is 8.80. The lowest BCUT2D eigenvalue weighted by molar-refractivity contribution is -0.120. The minimum atomic E-state index is 0.136. The van der Waals surface area contributed by atoms with Crippen molar-refractivity contribution in [2.45, 2.75) is 0 Å². The average molecular weight is 150 g/mol. The summed E-state index contributed by atoms with van der Waals surface area (Å²) in [4.78, 5) is 9.76. The minimum absolute atomic E-state index is 0.136. The second-order valence-corrected chi connectivity index (χ2v) is 2.70. The molecule has 0 heterocycles. The van der Waals surface area contributed by atoms with Crippen LogP contribution in [0.3, 0.4) is 0 Å². The fourth-order valence-corrected chi connectivity index (χ4v) is 1.11. The fourth-order valence-electron chi connectivity index (χ4n) is 0.598. The van der Waals surface area contributed by atoms with Crippen LogP contribution >= 0.6 is 0 Å². The van der Waals surface area contributed by atoms with Gasteiger partial charge in [-0.25, -0.2) is 0 Å². The molecule has 3 heteroatoms. The number of rotatable bonds is 3. The highest BCUT2D eigenvalue weighted by Gasteiger charge is 1.92. The molecule has 0 amide bonds. The minimum Gasteiger partial charge on any atom is -0.513 e. The van der Waals surface area contributed by atoms with Gasteiger partial charge in [0.25, 0.3) is 6.47 Å². The topological polar surface area (TPSA) is 26.3 Å². The van der Waals surface area contributed by atoms with Gasteiger partial charge in [-0.05, 0) is 5.19 Å². The maximum Gasteiger partial charge on any atom is 0.354 e. The molecule has 0 aromatic heterocycles. The quantitative estimate of drug-likeness (QED) is 0.451. The molecule has 0 N–H and O–H groups in total. The Balaban J connectivity index is 2.50. The summed E-state index contributed by atoms with van der Waals surface area (Å²) >= 11 is 0.